The van der Waals surface area contributed by atoms with Crippen LogP contribution < -0.4 is 9.47 Å². The largest absolute Gasteiger partial charge is 0.507 e. The first kappa shape index (κ1) is 27.5. The Kier molecular flexibility index (Phi) is 8.26. The van der Waals surface area contributed by atoms with E-state index < -0.39 is 6.04 Å². The number of aromatic hydroxyl groups is 1. The number of H-pyrrole nitrogens is 1. The second-order valence-electron chi connectivity index (χ2n) is 9.87. The number of hydrogen-bond donors (Lipinski definition) is 2. The molecule has 0 saturated carbocycles. The number of aromatic amines is 1. The van der Waals surface area contributed by atoms with Gasteiger partial charge in [0, 0.05) is 35.1 Å². The molecule has 0 saturated heterocycles. The van der Waals surface area contributed by atoms with Crippen molar-refractivity contribution in [3.63, 3.8) is 0 Å². The number of fused-ring (bicyclic) bond motifs is 1. The molecule has 0 radical (unpaired) electrons. The number of aryl methyl sites for hydroxylation is 1. The van der Waals surface area contributed by atoms with Crippen LogP contribution in [0, 0.1) is 6.92 Å². The van der Waals surface area contributed by atoms with Gasteiger partial charge in [-0.15, -0.1) is 0 Å². The van der Waals surface area contributed by atoms with Gasteiger partial charge in [0.05, 0.1) is 19.3 Å². The maximum absolute atomic E-state index is 13.8. The lowest BCUT2D eigenvalue weighted by Crippen LogP contribution is -2.29. The molecule has 2 aromatic heterocycles. The fourth-order valence-corrected chi connectivity index (χ4v) is 5.24. The second kappa shape index (κ2) is 12.0. The SMILES string of the molecule is CCCCCOc1ccc(C2c3c(-c4cc(Cl)c(C)cc4O)n[nH]c3C(=O)N2Cc2cccnc2)cc1OCC. The average Bonchev–Trinajstić information content (AvgIpc) is 3.49. The van der Waals surface area contributed by atoms with E-state index in [0.717, 1.165) is 36.0 Å². The highest BCUT2D eigenvalue weighted by molar-refractivity contribution is 6.31. The molecule has 1 aliphatic rings. The molecule has 40 heavy (non-hydrogen) atoms. The number of aromatic nitrogens is 3. The van der Waals surface area contributed by atoms with Gasteiger partial charge in [-0.3, -0.25) is 14.9 Å². The van der Waals surface area contributed by atoms with Crippen molar-refractivity contribution < 1.29 is 19.4 Å². The smallest absolute Gasteiger partial charge is 0.273 e. The Morgan fingerprint density at radius 2 is 1.95 bits per heavy atom. The molecule has 3 heterocycles. The summed E-state index contributed by atoms with van der Waals surface area (Å²) in [6.07, 6.45) is 6.62. The van der Waals surface area contributed by atoms with Crippen molar-refractivity contribution in [2.45, 2.75) is 52.6 Å². The molecule has 0 bridgehead atoms. The third-order valence-electron chi connectivity index (χ3n) is 7.06. The van der Waals surface area contributed by atoms with Crippen molar-refractivity contribution in [3.05, 3.63) is 87.8 Å². The number of carbonyl (C=O) groups is 1. The number of unbranched alkanes of at least 4 members (excludes halogenated alkanes) is 2. The second-order valence-corrected chi connectivity index (χ2v) is 10.3. The molecular weight excluding hydrogens is 528 g/mol. The van der Waals surface area contributed by atoms with Crippen LogP contribution >= 0.6 is 11.6 Å². The van der Waals surface area contributed by atoms with E-state index in [2.05, 4.69) is 22.1 Å². The van der Waals surface area contributed by atoms with Gasteiger partial charge in [-0.2, -0.15) is 5.10 Å². The van der Waals surface area contributed by atoms with Crippen molar-refractivity contribution in [2.24, 2.45) is 0 Å². The summed E-state index contributed by atoms with van der Waals surface area (Å²) < 4.78 is 12.0. The maximum atomic E-state index is 13.8. The van der Waals surface area contributed by atoms with Gasteiger partial charge < -0.3 is 19.5 Å². The van der Waals surface area contributed by atoms with Crippen LogP contribution in [-0.2, 0) is 6.54 Å². The van der Waals surface area contributed by atoms with Gasteiger partial charge in [-0.25, -0.2) is 0 Å². The van der Waals surface area contributed by atoms with E-state index in [4.69, 9.17) is 21.1 Å². The fraction of sp³-hybridized carbons (Fsp3) is 0.323. The topological polar surface area (TPSA) is 101 Å². The molecule has 1 atom stereocenters. The summed E-state index contributed by atoms with van der Waals surface area (Å²) >= 11 is 6.44. The Bertz CT molecular complexity index is 1500. The van der Waals surface area contributed by atoms with E-state index in [1.165, 1.54) is 0 Å². The van der Waals surface area contributed by atoms with Crippen LogP contribution in [0.4, 0.5) is 0 Å². The number of halogens is 1. The predicted molar refractivity (Wildman–Crippen MR) is 154 cm³/mol. The minimum absolute atomic E-state index is 0.0407. The number of hydrogen-bond acceptors (Lipinski definition) is 6. The van der Waals surface area contributed by atoms with Crippen molar-refractivity contribution in [1.29, 1.82) is 0 Å². The lowest BCUT2D eigenvalue weighted by molar-refractivity contribution is 0.0729. The van der Waals surface area contributed by atoms with Crippen LogP contribution in [0.15, 0.2) is 54.9 Å². The standard InChI is InChI=1S/C31H33ClN4O4/c1-4-6-7-13-40-25-11-10-21(15-26(25)39-5-2)30-27-28(22-16-23(32)19(3)14-24(22)37)34-35-29(27)31(38)36(30)18-20-9-8-12-33-17-20/h8-12,14-17,30,37H,4-7,13,18H2,1-3H3,(H,34,35). The van der Waals surface area contributed by atoms with Crippen LogP contribution in [0.1, 0.15) is 71.9 Å². The van der Waals surface area contributed by atoms with E-state index in [1.54, 1.807) is 29.4 Å². The number of rotatable bonds is 11. The summed E-state index contributed by atoms with van der Waals surface area (Å²) in [5, 5.41) is 18.8. The Labute approximate surface area is 238 Å². The number of carbonyl (C=O) groups excluding carboxylic acids is 1. The summed E-state index contributed by atoms with van der Waals surface area (Å²) in [6, 6.07) is 12.4. The molecule has 8 nitrogen and oxygen atoms in total. The molecule has 208 valence electrons. The fourth-order valence-electron chi connectivity index (χ4n) is 5.07. The maximum Gasteiger partial charge on any atom is 0.273 e. The molecule has 2 aromatic carbocycles. The van der Waals surface area contributed by atoms with Crippen LogP contribution in [-0.4, -0.2) is 44.3 Å². The summed E-state index contributed by atoms with van der Waals surface area (Å²) in [7, 11) is 0. The predicted octanol–water partition coefficient (Wildman–Crippen LogP) is 6.85. The minimum atomic E-state index is -0.510. The van der Waals surface area contributed by atoms with Crippen LogP contribution in [0.25, 0.3) is 11.3 Å². The molecule has 4 aromatic rings. The Morgan fingerprint density at radius 3 is 2.70 bits per heavy atom. The highest BCUT2D eigenvalue weighted by atomic mass is 35.5. The van der Waals surface area contributed by atoms with Crippen molar-refractivity contribution in [3.8, 4) is 28.5 Å². The quantitative estimate of drug-likeness (QED) is 0.194. The minimum Gasteiger partial charge on any atom is -0.507 e. The zero-order valence-electron chi connectivity index (χ0n) is 22.9. The summed E-state index contributed by atoms with van der Waals surface area (Å²) in [5.74, 6) is 1.13. The van der Waals surface area contributed by atoms with E-state index in [1.807, 2.05) is 44.2 Å². The first-order valence-corrected chi connectivity index (χ1v) is 14.0. The molecule has 0 spiro atoms. The summed E-state index contributed by atoms with van der Waals surface area (Å²) in [6.45, 7) is 7.31. The Hall–Kier alpha value is -4.04. The first-order valence-electron chi connectivity index (χ1n) is 13.6. The first-order chi connectivity index (χ1) is 19.4. The lowest BCUT2D eigenvalue weighted by atomic mass is 9.94. The van der Waals surface area contributed by atoms with Crippen molar-refractivity contribution in [1.82, 2.24) is 20.1 Å². The third kappa shape index (κ3) is 5.36. The molecular formula is C31H33ClN4O4. The lowest BCUT2D eigenvalue weighted by Gasteiger charge is -2.27. The number of nitrogens with one attached hydrogen (secondary N) is 1. The highest BCUT2D eigenvalue weighted by Crippen LogP contribution is 2.47. The Morgan fingerprint density at radius 1 is 1.10 bits per heavy atom. The monoisotopic (exact) mass is 560 g/mol. The van der Waals surface area contributed by atoms with Crippen molar-refractivity contribution in [2.75, 3.05) is 13.2 Å². The molecule has 1 amide bonds. The highest BCUT2D eigenvalue weighted by Gasteiger charge is 2.43. The molecule has 0 aliphatic carbocycles. The van der Waals surface area contributed by atoms with Gasteiger partial charge in [0.25, 0.3) is 5.91 Å². The molecule has 2 N–H and O–H groups in total. The zero-order chi connectivity index (χ0) is 28.2. The van der Waals surface area contributed by atoms with Gasteiger partial charge in [0.1, 0.15) is 17.1 Å². The van der Waals surface area contributed by atoms with Crippen LogP contribution in [0.3, 0.4) is 0 Å². The molecule has 5 rings (SSSR count). The van der Waals surface area contributed by atoms with E-state index in [-0.39, 0.29) is 11.7 Å². The van der Waals surface area contributed by atoms with Gasteiger partial charge in [0.2, 0.25) is 0 Å². The van der Waals surface area contributed by atoms with Gasteiger partial charge in [-0.05, 0) is 67.3 Å². The number of phenolic OH excluding ortho intramolecular Hbond substituents is 1. The van der Waals surface area contributed by atoms with Crippen molar-refractivity contribution >= 4 is 17.5 Å². The molecule has 1 unspecified atom stereocenters. The molecule has 1 aliphatic heterocycles. The molecule has 9 heteroatoms. The third-order valence-corrected chi connectivity index (χ3v) is 7.47. The van der Waals surface area contributed by atoms with E-state index in [0.29, 0.717) is 58.8 Å². The van der Waals surface area contributed by atoms with Crippen LogP contribution in [0.5, 0.6) is 17.2 Å². The zero-order valence-corrected chi connectivity index (χ0v) is 23.7. The normalized spacial score (nSPS) is 14.4. The number of pyridine rings is 1. The summed E-state index contributed by atoms with van der Waals surface area (Å²) in [5.41, 5.74) is 4.44. The van der Waals surface area contributed by atoms with Crippen LogP contribution in [0.2, 0.25) is 5.02 Å². The average molecular weight is 561 g/mol. The number of nitrogens with zero attached hydrogens (tertiary/aromatic N) is 3. The summed E-state index contributed by atoms with van der Waals surface area (Å²) in [4.78, 5) is 19.8. The van der Waals surface area contributed by atoms with Gasteiger partial charge in [0.15, 0.2) is 11.5 Å². The number of amides is 1. The molecule has 0 fully saturated rings. The van der Waals surface area contributed by atoms with E-state index in [9.17, 15) is 9.90 Å². The Balaban J connectivity index is 1.61. The number of phenols is 1. The number of benzene rings is 2. The number of ether oxygens (including phenoxy) is 2. The van der Waals surface area contributed by atoms with E-state index >= 15 is 0 Å². The van der Waals surface area contributed by atoms with Gasteiger partial charge in [-0.1, -0.05) is 43.5 Å². The van der Waals surface area contributed by atoms with Gasteiger partial charge >= 0.3 is 0 Å².